The summed E-state index contributed by atoms with van der Waals surface area (Å²) in [5, 5.41) is 13.8. The van der Waals surface area contributed by atoms with E-state index >= 15 is 0 Å². The molecular formula is C18H16N2O2Se. The van der Waals surface area contributed by atoms with Gasteiger partial charge in [-0.2, -0.15) is 0 Å². The van der Waals surface area contributed by atoms with Gasteiger partial charge in [0.15, 0.2) is 0 Å². The molecule has 2 N–H and O–H groups in total. The molecule has 5 heteroatoms. The Morgan fingerprint density at radius 2 is 1.87 bits per heavy atom. The molecule has 2 aromatic rings. The topological polar surface area (TPSA) is 61.7 Å². The normalized spacial score (nSPS) is 14.9. The summed E-state index contributed by atoms with van der Waals surface area (Å²) in [7, 11) is 3.44. The predicted molar refractivity (Wildman–Crippen MR) is 95.0 cm³/mol. The number of carbonyl (C=O) groups is 1. The van der Waals surface area contributed by atoms with E-state index in [1.54, 1.807) is 20.2 Å². The maximum absolute atomic E-state index is 12.3. The van der Waals surface area contributed by atoms with Crippen LogP contribution in [-0.4, -0.2) is 45.7 Å². The number of allylic oxidation sites excluding steroid dienone is 2. The number of anilines is 1. The second-order valence-corrected chi connectivity index (χ2v) is 7.33. The number of fused-ring (bicyclic) bond motifs is 1. The SMILES string of the molecule is CN=C1C=CC(=O)c2c(NC)cc([Se]c3ccccc3)c(O)c21. The molecule has 3 rings (SSSR count). The van der Waals surface area contributed by atoms with Crippen LogP contribution in [-0.2, 0) is 0 Å². The number of phenolic OH excluding ortho intramolecular Hbond substituents is 1. The third-order valence-electron chi connectivity index (χ3n) is 3.64. The summed E-state index contributed by atoms with van der Waals surface area (Å²) in [6.07, 6.45) is 3.15. The van der Waals surface area contributed by atoms with E-state index in [0.29, 0.717) is 16.8 Å². The number of nitrogens with zero attached hydrogens (tertiary/aromatic N) is 1. The number of rotatable bonds is 3. The summed E-state index contributed by atoms with van der Waals surface area (Å²) < 4.78 is 1.99. The number of hydrogen-bond acceptors (Lipinski definition) is 4. The first kappa shape index (κ1) is 15.5. The monoisotopic (exact) mass is 372 g/mol. The van der Waals surface area contributed by atoms with Crippen molar-refractivity contribution >= 4 is 41.1 Å². The van der Waals surface area contributed by atoms with Crippen molar-refractivity contribution in [2.45, 2.75) is 0 Å². The van der Waals surface area contributed by atoms with Crippen molar-refractivity contribution in [1.29, 1.82) is 0 Å². The zero-order chi connectivity index (χ0) is 16.4. The molecule has 0 aromatic heterocycles. The molecule has 0 bridgehead atoms. The zero-order valence-corrected chi connectivity index (χ0v) is 14.5. The van der Waals surface area contributed by atoms with Gasteiger partial charge in [0.05, 0.1) is 0 Å². The van der Waals surface area contributed by atoms with Crippen molar-refractivity contribution in [3.63, 3.8) is 0 Å². The molecule has 2 aromatic carbocycles. The molecule has 0 amide bonds. The van der Waals surface area contributed by atoms with Gasteiger partial charge < -0.3 is 0 Å². The summed E-state index contributed by atoms with van der Waals surface area (Å²) in [5.41, 5.74) is 2.36. The molecule has 0 atom stereocenters. The van der Waals surface area contributed by atoms with E-state index in [2.05, 4.69) is 10.3 Å². The van der Waals surface area contributed by atoms with Crippen molar-refractivity contribution in [2.75, 3.05) is 19.4 Å². The summed E-state index contributed by atoms with van der Waals surface area (Å²) >= 11 is -0.0605. The number of carbonyl (C=O) groups excluding carboxylic acids is 1. The van der Waals surface area contributed by atoms with Gasteiger partial charge in [-0.1, -0.05) is 0 Å². The van der Waals surface area contributed by atoms with Crippen LogP contribution in [0.3, 0.4) is 0 Å². The fourth-order valence-electron chi connectivity index (χ4n) is 2.55. The van der Waals surface area contributed by atoms with Crippen LogP contribution >= 0.6 is 0 Å². The Bertz CT molecular complexity index is 827. The number of hydrogen-bond donors (Lipinski definition) is 2. The molecule has 0 heterocycles. The van der Waals surface area contributed by atoms with Crippen LogP contribution in [0.25, 0.3) is 0 Å². The van der Waals surface area contributed by atoms with Gasteiger partial charge in [0, 0.05) is 0 Å². The first-order valence-electron chi connectivity index (χ1n) is 7.16. The molecule has 23 heavy (non-hydrogen) atoms. The number of benzene rings is 2. The Kier molecular flexibility index (Phi) is 4.33. The minimum absolute atomic E-state index is 0.0605. The Hall–Kier alpha value is -2.36. The van der Waals surface area contributed by atoms with Crippen LogP contribution in [0, 0.1) is 0 Å². The zero-order valence-electron chi connectivity index (χ0n) is 12.8. The molecule has 116 valence electrons. The van der Waals surface area contributed by atoms with E-state index in [4.69, 9.17) is 0 Å². The second kappa shape index (κ2) is 6.40. The standard InChI is InChI=1S/C18H16N2O2Se/c1-19-12-8-9-14(21)16-13(20-2)10-15(18(22)17(12)16)23-11-6-4-3-5-7-11/h3-10,20,22H,1-2H3. The van der Waals surface area contributed by atoms with Crippen LogP contribution in [0.5, 0.6) is 5.75 Å². The van der Waals surface area contributed by atoms with Crippen LogP contribution in [0.2, 0.25) is 0 Å². The molecule has 0 fully saturated rings. The molecule has 0 radical (unpaired) electrons. The number of nitrogens with one attached hydrogen (secondary N) is 1. The Balaban J connectivity index is 2.19. The van der Waals surface area contributed by atoms with E-state index in [-0.39, 0.29) is 26.5 Å². The van der Waals surface area contributed by atoms with Gasteiger partial charge in [0.1, 0.15) is 0 Å². The van der Waals surface area contributed by atoms with Crippen molar-refractivity contribution < 1.29 is 9.90 Å². The minimum atomic E-state index is -0.120. The maximum atomic E-state index is 12.3. The van der Waals surface area contributed by atoms with E-state index in [0.717, 1.165) is 14.6 Å². The molecule has 1 aliphatic rings. The molecule has 1 aliphatic carbocycles. The first-order chi connectivity index (χ1) is 11.2. The fraction of sp³-hybridized carbons (Fsp3) is 0.111. The third-order valence-corrected chi connectivity index (χ3v) is 5.82. The predicted octanol–water partition coefficient (Wildman–Crippen LogP) is 1.26. The number of aliphatic imine (C=N–C) groups is 1. The van der Waals surface area contributed by atoms with E-state index in [1.807, 2.05) is 36.4 Å². The summed E-state index contributed by atoms with van der Waals surface area (Å²) in [5.74, 6) is 0.0342. The molecule has 0 unspecified atom stereocenters. The quantitative estimate of drug-likeness (QED) is 0.631. The van der Waals surface area contributed by atoms with Gasteiger partial charge in [-0.05, 0) is 0 Å². The van der Waals surface area contributed by atoms with Crippen molar-refractivity contribution in [3.05, 3.63) is 59.7 Å². The van der Waals surface area contributed by atoms with Gasteiger partial charge in [-0.3, -0.25) is 0 Å². The van der Waals surface area contributed by atoms with Gasteiger partial charge in [0.2, 0.25) is 0 Å². The number of ketones is 1. The summed E-state index contributed by atoms with van der Waals surface area (Å²) in [6.45, 7) is 0. The fourth-order valence-corrected chi connectivity index (χ4v) is 4.49. The van der Waals surface area contributed by atoms with Gasteiger partial charge in [0.25, 0.3) is 0 Å². The van der Waals surface area contributed by atoms with E-state index in [1.165, 1.54) is 6.08 Å². The molecule has 0 spiro atoms. The number of aromatic hydroxyl groups is 1. The first-order valence-corrected chi connectivity index (χ1v) is 8.87. The molecule has 0 saturated heterocycles. The Morgan fingerprint density at radius 3 is 2.52 bits per heavy atom. The summed E-state index contributed by atoms with van der Waals surface area (Å²) in [4.78, 5) is 16.5. The molecule has 4 nitrogen and oxygen atoms in total. The van der Waals surface area contributed by atoms with Crippen LogP contribution in [0.4, 0.5) is 5.69 Å². The van der Waals surface area contributed by atoms with Gasteiger partial charge in [-0.15, -0.1) is 0 Å². The molecule has 0 saturated carbocycles. The van der Waals surface area contributed by atoms with Crippen molar-refractivity contribution in [3.8, 4) is 5.75 Å². The van der Waals surface area contributed by atoms with Gasteiger partial charge >= 0.3 is 141 Å². The second-order valence-electron chi connectivity index (χ2n) is 4.99. The Morgan fingerprint density at radius 1 is 1.13 bits per heavy atom. The third kappa shape index (κ3) is 2.81. The Labute approximate surface area is 141 Å². The summed E-state index contributed by atoms with van der Waals surface area (Å²) in [6, 6.07) is 11.9. The number of phenols is 1. The molecule has 0 aliphatic heterocycles. The van der Waals surface area contributed by atoms with Crippen molar-refractivity contribution in [1.82, 2.24) is 0 Å². The van der Waals surface area contributed by atoms with E-state index < -0.39 is 0 Å². The van der Waals surface area contributed by atoms with E-state index in [9.17, 15) is 9.90 Å². The van der Waals surface area contributed by atoms with Gasteiger partial charge in [-0.25, -0.2) is 0 Å². The molecular weight excluding hydrogens is 355 g/mol. The van der Waals surface area contributed by atoms with Crippen LogP contribution in [0.1, 0.15) is 15.9 Å². The van der Waals surface area contributed by atoms with Crippen molar-refractivity contribution in [2.24, 2.45) is 4.99 Å². The average molecular weight is 371 g/mol. The van der Waals surface area contributed by atoms with Crippen LogP contribution in [0.15, 0.2) is 53.5 Å². The van der Waals surface area contributed by atoms with Crippen LogP contribution < -0.4 is 14.2 Å². The average Bonchev–Trinajstić information content (AvgIpc) is 2.58.